The van der Waals surface area contributed by atoms with Crippen molar-refractivity contribution in [3.8, 4) is 0 Å². The zero-order chi connectivity index (χ0) is 14.6. The van der Waals surface area contributed by atoms with E-state index in [9.17, 15) is 4.79 Å². The van der Waals surface area contributed by atoms with Gasteiger partial charge in [0.05, 0.1) is 0 Å². The maximum atomic E-state index is 11.9. The van der Waals surface area contributed by atoms with Crippen LogP contribution >= 0.6 is 11.6 Å². The van der Waals surface area contributed by atoms with Gasteiger partial charge in [-0.2, -0.15) is 0 Å². The first-order chi connectivity index (χ1) is 9.52. The molecule has 2 aromatic rings. The molecule has 4 heteroatoms. The molecule has 3 N–H and O–H groups in total. The van der Waals surface area contributed by atoms with Gasteiger partial charge in [0.25, 0.3) is 0 Å². The van der Waals surface area contributed by atoms with Crippen molar-refractivity contribution in [2.75, 3.05) is 0 Å². The van der Waals surface area contributed by atoms with E-state index < -0.39 is 11.4 Å². The van der Waals surface area contributed by atoms with E-state index in [0.29, 0.717) is 11.6 Å². The van der Waals surface area contributed by atoms with E-state index in [1.54, 1.807) is 19.1 Å². The number of hydrogen-bond donors (Lipinski definition) is 2. The number of nitrogens with one attached hydrogen (secondary N) is 1. The third-order valence-electron chi connectivity index (χ3n) is 3.38. The first-order valence-corrected chi connectivity index (χ1v) is 6.75. The number of carbonyl (C=O) groups excluding carboxylic acids is 1. The molecule has 0 radical (unpaired) electrons. The normalized spacial score (nSPS) is 13.7. The van der Waals surface area contributed by atoms with Crippen molar-refractivity contribution in [3.63, 3.8) is 0 Å². The number of benzene rings is 2. The third kappa shape index (κ3) is 3.18. The first kappa shape index (κ1) is 14.6. The second-order valence-corrected chi connectivity index (χ2v) is 5.28. The van der Waals surface area contributed by atoms with Gasteiger partial charge in [0.2, 0.25) is 5.91 Å². The third-order valence-corrected chi connectivity index (χ3v) is 3.62. The van der Waals surface area contributed by atoms with E-state index in [1.807, 2.05) is 42.5 Å². The Hall–Kier alpha value is -1.84. The fourth-order valence-electron chi connectivity index (χ4n) is 2.01. The molecule has 104 valence electrons. The Morgan fingerprint density at radius 3 is 2.50 bits per heavy atom. The summed E-state index contributed by atoms with van der Waals surface area (Å²) in [5.41, 5.74) is 6.46. The summed E-state index contributed by atoms with van der Waals surface area (Å²) >= 11 is 5.99. The molecule has 0 aliphatic carbocycles. The van der Waals surface area contributed by atoms with Crippen LogP contribution in [0.2, 0.25) is 5.02 Å². The molecule has 3 nitrogen and oxygen atoms in total. The average molecular weight is 289 g/mol. The molecule has 2 aromatic carbocycles. The van der Waals surface area contributed by atoms with Crippen LogP contribution in [-0.4, -0.2) is 5.91 Å². The lowest BCUT2D eigenvalue weighted by Gasteiger charge is -2.28. The molecule has 0 spiro atoms. The van der Waals surface area contributed by atoms with Crippen LogP contribution < -0.4 is 11.1 Å². The maximum Gasteiger partial charge on any atom is 0.242 e. The van der Waals surface area contributed by atoms with Gasteiger partial charge in [0.1, 0.15) is 5.54 Å². The number of halogens is 1. The minimum absolute atomic E-state index is 0.435. The fraction of sp³-hybridized carbons (Fsp3) is 0.188. The average Bonchev–Trinajstić information content (AvgIpc) is 2.45. The summed E-state index contributed by atoms with van der Waals surface area (Å²) < 4.78 is 0. The lowest BCUT2D eigenvalue weighted by Crippen LogP contribution is -2.50. The lowest BCUT2D eigenvalue weighted by molar-refractivity contribution is -0.124. The largest absolute Gasteiger partial charge is 0.368 e. The Kier molecular flexibility index (Phi) is 4.42. The highest BCUT2D eigenvalue weighted by Crippen LogP contribution is 2.24. The van der Waals surface area contributed by atoms with Crippen molar-refractivity contribution in [1.82, 2.24) is 5.32 Å². The van der Waals surface area contributed by atoms with E-state index >= 15 is 0 Å². The molecule has 0 saturated heterocycles. The quantitative estimate of drug-likeness (QED) is 0.889. The van der Waals surface area contributed by atoms with Gasteiger partial charge in [-0.3, -0.25) is 10.1 Å². The van der Waals surface area contributed by atoms with Gasteiger partial charge in [-0.25, -0.2) is 0 Å². The SMILES string of the molecule is CC(NCc1ccccc1)(C(N)=O)c1cccc(Cl)c1. The lowest BCUT2D eigenvalue weighted by atomic mass is 9.91. The number of amides is 1. The molecule has 2 rings (SSSR count). The van der Waals surface area contributed by atoms with Gasteiger partial charge in [0.15, 0.2) is 0 Å². The van der Waals surface area contributed by atoms with Gasteiger partial charge in [-0.05, 0) is 30.2 Å². The zero-order valence-electron chi connectivity index (χ0n) is 11.3. The molecular formula is C16H17ClN2O. The van der Waals surface area contributed by atoms with Crippen LogP contribution in [-0.2, 0) is 16.9 Å². The smallest absolute Gasteiger partial charge is 0.242 e. The summed E-state index contributed by atoms with van der Waals surface area (Å²) in [6.45, 7) is 2.32. The van der Waals surface area contributed by atoms with Crippen LogP contribution in [0.1, 0.15) is 18.1 Å². The van der Waals surface area contributed by atoms with Crippen LogP contribution in [0, 0.1) is 0 Å². The minimum Gasteiger partial charge on any atom is -0.368 e. The number of hydrogen-bond acceptors (Lipinski definition) is 2. The summed E-state index contributed by atoms with van der Waals surface area (Å²) in [4.78, 5) is 11.9. The van der Waals surface area contributed by atoms with Crippen LogP contribution in [0.5, 0.6) is 0 Å². The van der Waals surface area contributed by atoms with Crippen molar-refractivity contribution < 1.29 is 4.79 Å². The number of rotatable bonds is 5. The Morgan fingerprint density at radius 2 is 1.90 bits per heavy atom. The van der Waals surface area contributed by atoms with Crippen molar-refractivity contribution in [2.45, 2.75) is 19.0 Å². The Balaban J connectivity index is 2.24. The fourth-order valence-corrected chi connectivity index (χ4v) is 2.20. The van der Waals surface area contributed by atoms with Gasteiger partial charge >= 0.3 is 0 Å². The van der Waals surface area contributed by atoms with E-state index in [-0.39, 0.29) is 0 Å². The van der Waals surface area contributed by atoms with E-state index in [1.165, 1.54) is 0 Å². The monoisotopic (exact) mass is 288 g/mol. The number of primary amides is 1. The van der Waals surface area contributed by atoms with E-state index in [4.69, 9.17) is 17.3 Å². The molecule has 0 aromatic heterocycles. The Morgan fingerprint density at radius 1 is 1.20 bits per heavy atom. The van der Waals surface area contributed by atoms with Gasteiger partial charge in [-0.15, -0.1) is 0 Å². The second kappa shape index (κ2) is 6.07. The first-order valence-electron chi connectivity index (χ1n) is 6.37. The molecule has 1 amide bonds. The van der Waals surface area contributed by atoms with Crippen molar-refractivity contribution in [2.24, 2.45) is 5.73 Å². The molecule has 20 heavy (non-hydrogen) atoms. The Labute approximate surface area is 123 Å². The molecular weight excluding hydrogens is 272 g/mol. The maximum absolute atomic E-state index is 11.9. The van der Waals surface area contributed by atoms with E-state index in [2.05, 4.69) is 5.32 Å². The van der Waals surface area contributed by atoms with Crippen LogP contribution in [0.25, 0.3) is 0 Å². The molecule has 0 heterocycles. The molecule has 1 unspecified atom stereocenters. The second-order valence-electron chi connectivity index (χ2n) is 4.84. The predicted octanol–water partition coefficient (Wildman–Crippen LogP) is 2.83. The summed E-state index contributed by atoms with van der Waals surface area (Å²) in [5, 5.41) is 3.80. The van der Waals surface area contributed by atoms with Crippen LogP contribution in [0.4, 0.5) is 0 Å². The summed E-state index contributed by atoms with van der Waals surface area (Å²) in [5.74, 6) is -0.435. The summed E-state index contributed by atoms with van der Waals surface area (Å²) in [7, 11) is 0. The predicted molar refractivity (Wildman–Crippen MR) is 81.3 cm³/mol. The summed E-state index contributed by atoms with van der Waals surface area (Å²) in [6, 6.07) is 17.0. The summed E-state index contributed by atoms with van der Waals surface area (Å²) in [6.07, 6.45) is 0. The van der Waals surface area contributed by atoms with Crippen LogP contribution in [0.3, 0.4) is 0 Å². The van der Waals surface area contributed by atoms with Crippen molar-refractivity contribution in [3.05, 3.63) is 70.7 Å². The zero-order valence-corrected chi connectivity index (χ0v) is 12.0. The number of carbonyl (C=O) groups is 1. The standard InChI is InChI=1S/C16H17ClN2O/c1-16(15(18)20,13-8-5-9-14(17)10-13)19-11-12-6-3-2-4-7-12/h2-10,19H,11H2,1H3,(H2,18,20). The molecule has 0 aliphatic heterocycles. The molecule has 1 atom stereocenters. The molecule has 0 saturated carbocycles. The molecule has 0 aliphatic rings. The topological polar surface area (TPSA) is 55.1 Å². The number of nitrogens with two attached hydrogens (primary N) is 1. The van der Waals surface area contributed by atoms with Gasteiger partial charge < -0.3 is 5.73 Å². The molecule has 0 fully saturated rings. The highest BCUT2D eigenvalue weighted by molar-refractivity contribution is 6.30. The van der Waals surface area contributed by atoms with Crippen molar-refractivity contribution >= 4 is 17.5 Å². The highest BCUT2D eigenvalue weighted by atomic mass is 35.5. The molecule has 0 bridgehead atoms. The van der Waals surface area contributed by atoms with E-state index in [0.717, 1.165) is 11.1 Å². The van der Waals surface area contributed by atoms with Gasteiger partial charge in [-0.1, -0.05) is 54.1 Å². The minimum atomic E-state index is -0.958. The highest BCUT2D eigenvalue weighted by Gasteiger charge is 2.32. The van der Waals surface area contributed by atoms with Crippen molar-refractivity contribution in [1.29, 1.82) is 0 Å². The Bertz CT molecular complexity index is 600. The van der Waals surface area contributed by atoms with Crippen LogP contribution in [0.15, 0.2) is 54.6 Å². The van der Waals surface area contributed by atoms with Gasteiger partial charge in [0, 0.05) is 11.6 Å².